The number of carbonyl (C=O) groups is 5. The first-order valence-electron chi connectivity index (χ1n) is 19.9. The van der Waals surface area contributed by atoms with E-state index in [0.717, 1.165) is 43.9 Å². The fraction of sp³-hybridized carbons (Fsp3) is 0.439. The Labute approximate surface area is 464 Å². The van der Waals surface area contributed by atoms with Crippen LogP contribution in [0.1, 0.15) is 74.8 Å². The van der Waals surface area contributed by atoms with Crippen LogP contribution in [0.3, 0.4) is 0 Å². The third-order valence-electron chi connectivity index (χ3n) is 6.05. The first-order chi connectivity index (χ1) is 33.9. The number of Topliss-reactive ketones (excluding diaryl/α,β-unsaturated/α-hetero) is 2. The molecule has 79 heavy (non-hydrogen) atoms. The fourth-order valence-corrected chi connectivity index (χ4v) is 6.21. The van der Waals surface area contributed by atoms with Crippen LogP contribution in [-0.2, 0) is 87.8 Å². The summed E-state index contributed by atoms with van der Waals surface area (Å²) < 4.78 is 172. The minimum atomic E-state index is -4.95. The van der Waals surface area contributed by atoms with Gasteiger partial charge in [-0.25, -0.2) is 29.6 Å². The first-order valence-corrected chi connectivity index (χ1v) is 33.9. The molecule has 0 aromatic heterocycles. The maximum absolute atomic E-state index is 11.5. The molecule has 1 aromatic rings. The van der Waals surface area contributed by atoms with Gasteiger partial charge >= 0.3 is 5.97 Å². The molecule has 7 unspecified atom stereocenters. The van der Waals surface area contributed by atoms with Crippen molar-refractivity contribution in [2.45, 2.75) is 91.2 Å². The molecule has 0 aliphatic carbocycles. The van der Waals surface area contributed by atoms with Gasteiger partial charge in [0.25, 0.3) is 0 Å². The average molecular weight is 1300 g/mol. The van der Waals surface area contributed by atoms with Gasteiger partial charge in [-0.1, -0.05) is 95.6 Å². The lowest BCUT2D eigenvalue weighted by Gasteiger charge is -2.41. The molecule has 1 amide bonds. The SMILES string of the molecule is C.C=CC(=O)NC(C)(C)CS(=O)(=O)[O-].C=CNS(=C)(=O)[O-].C=CP(C)(=O)[O-].C=CS(=O)(=O)[O-].C=Cc1ccc(S(=C)(=O)[O-])cc1.CC(=O)C(C)F.CC(C)=O.CC(CC(=O)[O-])C(=O)O.CC(P(C)(=O)[O-])P(=O)([O-])[O-].CS(=O)(=O)[O-]. The molecule has 3 N–H and O–H groups in total. The van der Waals surface area contributed by atoms with Gasteiger partial charge in [0.05, 0.1) is 31.9 Å². The van der Waals surface area contributed by atoms with E-state index in [0.29, 0.717) is 11.7 Å². The van der Waals surface area contributed by atoms with Crippen molar-refractivity contribution in [3.8, 4) is 0 Å². The van der Waals surface area contributed by atoms with Crippen molar-refractivity contribution in [3.63, 3.8) is 0 Å². The topological polar surface area (TPSA) is 548 Å². The molecule has 29 nitrogen and oxygen atoms in total. The highest BCUT2D eigenvalue weighted by Crippen LogP contribution is 2.52. The van der Waals surface area contributed by atoms with Crippen molar-refractivity contribution in [1.82, 2.24) is 10.0 Å². The highest BCUT2D eigenvalue weighted by atomic mass is 32.2. The average Bonchev–Trinajstić information content (AvgIpc) is 3.18. The minimum absolute atomic E-state index is 0. The van der Waals surface area contributed by atoms with Gasteiger partial charge < -0.3 is 85.9 Å². The summed E-state index contributed by atoms with van der Waals surface area (Å²) in [6.07, 6.45) is 2.62. The van der Waals surface area contributed by atoms with E-state index in [4.69, 9.17) is 18.1 Å². The maximum atomic E-state index is 11.5. The van der Waals surface area contributed by atoms with Crippen LogP contribution in [0.2, 0.25) is 0 Å². The number of hydrogen-bond donors (Lipinski definition) is 3. The van der Waals surface area contributed by atoms with E-state index in [2.05, 4.69) is 50.0 Å². The Morgan fingerprint density at radius 2 is 1.09 bits per heavy atom. The van der Waals surface area contributed by atoms with Gasteiger partial charge in [-0.3, -0.25) is 22.8 Å². The number of carboxylic acids is 2. The molecule has 0 bridgehead atoms. The Hall–Kier alpha value is -4.38. The zero-order valence-electron chi connectivity index (χ0n) is 44.1. The molecule has 1 aromatic carbocycles. The van der Waals surface area contributed by atoms with Gasteiger partial charge in [-0.05, 0) is 107 Å². The molecular formula is C41H70FN2O27P3S5-10. The summed E-state index contributed by atoms with van der Waals surface area (Å²) >= 11 is 0. The second-order valence-corrected chi connectivity index (χ2v) is 29.4. The van der Waals surface area contributed by atoms with Crippen molar-refractivity contribution >= 4 is 120 Å². The Bertz CT molecular complexity index is 2740. The van der Waals surface area contributed by atoms with Crippen LogP contribution in [0.4, 0.5) is 4.39 Å². The lowest BCUT2D eigenvalue weighted by Crippen LogP contribution is -2.47. The van der Waals surface area contributed by atoms with Crippen LogP contribution < -0.4 is 34.7 Å². The predicted molar refractivity (Wildman–Crippen MR) is 288 cm³/mol. The van der Waals surface area contributed by atoms with Crippen LogP contribution in [0.15, 0.2) is 85.6 Å². The van der Waals surface area contributed by atoms with E-state index in [-0.39, 0.29) is 18.1 Å². The van der Waals surface area contributed by atoms with Crippen molar-refractivity contribution in [2.24, 2.45) is 5.92 Å². The molecular weight excluding hydrogens is 1220 g/mol. The molecule has 0 heterocycles. The molecule has 0 spiro atoms. The number of alkyl halides is 1. The zero-order valence-corrected chi connectivity index (χ0v) is 50.9. The number of nitrogens with one attached hydrogen (secondary N) is 2. The highest BCUT2D eigenvalue weighted by molar-refractivity contribution is 7.95. The van der Waals surface area contributed by atoms with Crippen LogP contribution >= 0.6 is 22.3 Å². The quantitative estimate of drug-likeness (QED) is 0.0804. The lowest BCUT2D eigenvalue weighted by atomic mass is 10.1. The number of carboxylic acid groups (broad SMARTS) is 2. The predicted octanol–water partition coefficient (Wildman–Crippen LogP) is -0.610. The lowest BCUT2D eigenvalue weighted by molar-refractivity contribution is -0.315. The standard InChI is InChI=1S/C9H10O2S.C7H13NO4S.C5H8O4.C4H7FO.C3H7NO2S.C3H10O5P2.C3H7O2P.C3H6O.C2H4O3S.CH4O3S.CH4/c1-3-8-4-6-9(7-5-8)12(2,10)11;1-4-6(9)8-7(2,3)5-13(10,11)12;1-3(5(8)9)2-4(6)7;1-3(5)4(2)6;1-3-4-7(2,5)6;1-3(9(2,4)5)10(6,7)8;1-3-6(2,4)5;1-3(2)4;1-2-6(3,4)5;1-5(2,3)4;/h3-7H,1-2H2,(H,10,11);4H,1,5H2,2-3H3,(H,8,9)(H,10,11,12);3H,2H2,1H3,(H,6,7)(H,8,9);3H,1-2H3;3H,1-2H2,(H2,4,5,6);3H,1-2H3,(H,4,5)(H2,6,7,8);3H,1H2,2H3,(H,4,5);1-2H3;2H,1H2,(H,3,4,5);1H3,(H,2,3,4);1H4/p-10. The van der Waals surface area contributed by atoms with E-state index in [1.54, 1.807) is 18.2 Å². The second kappa shape index (κ2) is 45.3. The highest BCUT2D eigenvalue weighted by Gasteiger charge is 2.22. The van der Waals surface area contributed by atoms with Gasteiger partial charge in [0.1, 0.15) is 15.9 Å². The number of hydrogen-bond acceptors (Lipinski definition) is 26. The third-order valence-corrected chi connectivity index (χ3v) is 14.1. The summed E-state index contributed by atoms with van der Waals surface area (Å²) in [5.74, 6) is 2.05. The molecule has 0 saturated heterocycles. The zero-order chi connectivity index (χ0) is 65.5. The Morgan fingerprint density at radius 1 is 0.772 bits per heavy atom. The Balaban J connectivity index is -0.0000000853. The van der Waals surface area contributed by atoms with Gasteiger partial charge in [0.15, 0.2) is 12.0 Å². The van der Waals surface area contributed by atoms with Crippen molar-refractivity contribution in [2.75, 3.05) is 25.3 Å². The summed E-state index contributed by atoms with van der Waals surface area (Å²) in [5.41, 5.74) is -0.173. The van der Waals surface area contributed by atoms with E-state index in [9.17, 15) is 110 Å². The monoisotopic (exact) mass is 1290 g/mol. The van der Waals surface area contributed by atoms with Gasteiger partial charge in [0, 0.05) is 54.4 Å². The van der Waals surface area contributed by atoms with Crippen molar-refractivity contribution in [3.05, 3.63) is 86.2 Å². The second-order valence-electron chi connectivity index (χ2n) is 15.1. The summed E-state index contributed by atoms with van der Waals surface area (Å²) in [5, 5.41) is 18.8. The van der Waals surface area contributed by atoms with Crippen LogP contribution in [0.5, 0.6) is 0 Å². The maximum Gasteiger partial charge on any atom is 0.306 e. The third kappa shape index (κ3) is 103. The largest absolute Gasteiger partial charge is 0.810 e. The normalized spacial score (nSPS) is 14.4. The number of aliphatic carboxylic acids is 2. The van der Waals surface area contributed by atoms with Gasteiger partial charge in [-0.15, -0.1) is 0 Å². The van der Waals surface area contributed by atoms with Crippen molar-refractivity contribution in [1.29, 1.82) is 0 Å². The van der Waals surface area contributed by atoms with Gasteiger partial charge in [-0.2, -0.15) is 0 Å². The molecule has 38 heteroatoms. The number of halogens is 1. The van der Waals surface area contributed by atoms with Crippen molar-refractivity contribution < 1.29 is 128 Å². The molecule has 0 radical (unpaired) electrons. The van der Waals surface area contributed by atoms with Crippen LogP contribution in [0.25, 0.3) is 6.08 Å². The van der Waals surface area contributed by atoms with Crippen LogP contribution in [-0.4, -0.2) is 145 Å². The number of carbonyl (C=O) groups excluding carboxylic acids is 4. The molecule has 0 saturated carbocycles. The molecule has 0 aliphatic heterocycles. The summed E-state index contributed by atoms with van der Waals surface area (Å²) in [4.78, 5) is 90.4. The molecule has 0 aliphatic rings. The summed E-state index contributed by atoms with van der Waals surface area (Å²) in [6.45, 7) is 28.1. The molecule has 1 rings (SSSR count). The number of amides is 1. The van der Waals surface area contributed by atoms with E-state index in [1.165, 1.54) is 60.6 Å². The molecule has 0 fully saturated rings. The van der Waals surface area contributed by atoms with Crippen LogP contribution in [0, 0.1) is 5.92 Å². The smallest absolute Gasteiger partial charge is 0.306 e. The minimum Gasteiger partial charge on any atom is -0.810 e. The van der Waals surface area contributed by atoms with Gasteiger partial charge in [0.2, 0.25) is 5.91 Å². The van der Waals surface area contributed by atoms with E-state index < -0.39 is 131 Å². The van der Waals surface area contributed by atoms with E-state index in [1.807, 2.05) is 4.72 Å². The number of benzene rings is 1. The Kier molecular flexibility index (Phi) is 55.5. The fourth-order valence-electron chi connectivity index (χ4n) is 2.39. The van der Waals surface area contributed by atoms with E-state index >= 15 is 0 Å². The molecule has 468 valence electrons. The molecule has 7 atom stereocenters. The number of ketones is 2. The first kappa shape index (κ1) is 96.9. The Morgan fingerprint density at radius 3 is 1.20 bits per heavy atom. The summed E-state index contributed by atoms with van der Waals surface area (Å²) in [7, 11) is -31.1. The summed E-state index contributed by atoms with van der Waals surface area (Å²) in [6, 6.07) is 6.40. The number of rotatable bonds is 16.